The van der Waals surface area contributed by atoms with Crippen molar-refractivity contribution in [3.8, 4) is 11.1 Å². The maximum Gasteiger partial charge on any atom is 0.270 e. The van der Waals surface area contributed by atoms with Crippen molar-refractivity contribution in [2.75, 3.05) is 25.6 Å². The minimum Gasteiger partial charge on any atom is -0.377 e. The number of rotatable bonds is 6. The summed E-state index contributed by atoms with van der Waals surface area (Å²) in [4.78, 5) is 27.2. The first kappa shape index (κ1) is 21.3. The van der Waals surface area contributed by atoms with Crippen LogP contribution in [0.3, 0.4) is 0 Å². The van der Waals surface area contributed by atoms with E-state index in [2.05, 4.69) is 31.6 Å². The van der Waals surface area contributed by atoms with Gasteiger partial charge < -0.3 is 19.9 Å². The Morgan fingerprint density at radius 3 is 2.77 bits per heavy atom. The second-order valence-electron chi connectivity index (χ2n) is 8.88. The fourth-order valence-corrected chi connectivity index (χ4v) is 4.36. The standard InChI is InChI=1S/C26H25N7O2/c1-33(21-14-35-15-21)26(34)23-10-17-2-3-18(11-22(17)31-23)25-27-9-8-24(32-25)30-20-6-4-16(5-7-20)19-12-28-29-13-19/h2-10,12-13,18,21,31H,11,14-15H2,1H3,(H,28,29)(H,27,30,32). The van der Waals surface area contributed by atoms with Gasteiger partial charge in [0, 0.05) is 48.7 Å². The molecule has 9 heteroatoms. The number of anilines is 2. The zero-order chi connectivity index (χ0) is 23.8. The summed E-state index contributed by atoms with van der Waals surface area (Å²) in [5, 5.41) is 10.2. The number of nitrogens with one attached hydrogen (secondary N) is 3. The van der Waals surface area contributed by atoms with Gasteiger partial charge in [0.2, 0.25) is 0 Å². The first-order valence-electron chi connectivity index (χ1n) is 11.6. The molecule has 1 aromatic carbocycles. The van der Waals surface area contributed by atoms with Crippen molar-refractivity contribution < 1.29 is 9.53 Å². The second-order valence-corrected chi connectivity index (χ2v) is 8.88. The van der Waals surface area contributed by atoms with Crippen molar-refractivity contribution in [3.63, 3.8) is 0 Å². The van der Waals surface area contributed by atoms with Crippen molar-refractivity contribution in [1.82, 2.24) is 30.0 Å². The van der Waals surface area contributed by atoms with Crippen LogP contribution in [0.2, 0.25) is 0 Å². The lowest BCUT2D eigenvalue weighted by atomic mass is 9.94. The molecule has 1 amide bonds. The third kappa shape index (κ3) is 4.22. The fourth-order valence-electron chi connectivity index (χ4n) is 4.36. The van der Waals surface area contributed by atoms with Gasteiger partial charge in [0.25, 0.3) is 5.91 Å². The molecule has 0 saturated carbocycles. The lowest BCUT2D eigenvalue weighted by molar-refractivity contribution is -0.0469. The Morgan fingerprint density at radius 1 is 1.17 bits per heavy atom. The molecular weight excluding hydrogens is 442 g/mol. The Hall–Kier alpha value is -4.24. The van der Waals surface area contributed by atoms with Crippen LogP contribution in [0.1, 0.15) is 33.5 Å². The first-order chi connectivity index (χ1) is 17.1. The van der Waals surface area contributed by atoms with Crippen LogP contribution in [0.15, 0.2) is 61.1 Å². The van der Waals surface area contributed by atoms with Crippen molar-refractivity contribution in [2.24, 2.45) is 0 Å². The second kappa shape index (κ2) is 8.84. The highest BCUT2D eigenvalue weighted by Gasteiger charge is 2.29. The van der Waals surface area contributed by atoms with E-state index < -0.39 is 0 Å². The number of hydrogen-bond acceptors (Lipinski definition) is 6. The van der Waals surface area contributed by atoms with Gasteiger partial charge in [-0.3, -0.25) is 9.89 Å². The lowest BCUT2D eigenvalue weighted by Crippen LogP contribution is -2.49. The number of carbonyl (C=O) groups is 1. The number of carbonyl (C=O) groups excluding carboxylic acids is 1. The highest BCUT2D eigenvalue weighted by molar-refractivity contribution is 5.93. The minimum atomic E-state index is -0.0149. The quantitative estimate of drug-likeness (QED) is 0.398. The molecule has 2 aliphatic rings. The monoisotopic (exact) mass is 467 g/mol. The summed E-state index contributed by atoms with van der Waals surface area (Å²) >= 11 is 0. The molecule has 3 N–H and O–H groups in total. The van der Waals surface area contributed by atoms with E-state index in [0.29, 0.717) is 25.3 Å². The Bertz CT molecular complexity index is 1370. The molecule has 1 fully saturated rings. The number of amides is 1. The van der Waals surface area contributed by atoms with Gasteiger partial charge in [-0.1, -0.05) is 24.3 Å². The predicted molar refractivity (Wildman–Crippen MR) is 132 cm³/mol. The van der Waals surface area contributed by atoms with Gasteiger partial charge in [0.05, 0.1) is 25.5 Å². The number of likely N-dealkylation sites (N-methyl/N-ethyl adjacent to an activating group) is 1. The molecule has 3 aromatic heterocycles. The highest BCUT2D eigenvalue weighted by Crippen LogP contribution is 2.30. The van der Waals surface area contributed by atoms with Gasteiger partial charge in [-0.2, -0.15) is 5.10 Å². The molecule has 9 nitrogen and oxygen atoms in total. The highest BCUT2D eigenvalue weighted by atomic mass is 16.5. The topological polar surface area (TPSA) is 112 Å². The van der Waals surface area contributed by atoms with Crippen LogP contribution in [0.4, 0.5) is 11.5 Å². The van der Waals surface area contributed by atoms with Crippen LogP contribution in [0.25, 0.3) is 17.2 Å². The van der Waals surface area contributed by atoms with E-state index in [1.807, 2.05) is 55.7 Å². The number of aromatic amines is 2. The average Bonchev–Trinajstić information content (AvgIpc) is 3.53. The van der Waals surface area contributed by atoms with Gasteiger partial charge in [-0.05, 0) is 35.4 Å². The zero-order valence-electron chi connectivity index (χ0n) is 19.2. The van der Waals surface area contributed by atoms with E-state index in [9.17, 15) is 4.79 Å². The molecule has 35 heavy (non-hydrogen) atoms. The largest absolute Gasteiger partial charge is 0.377 e. The maximum absolute atomic E-state index is 12.8. The summed E-state index contributed by atoms with van der Waals surface area (Å²) in [6, 6.07) is 12.0. The molecule has 1 saturated heterocycles. The third-order valence-corrected chi connectivity index (χ3v) is 6.58. The van der Waals surface area contributed by atoms with Crippen molar-refractivity contribution >= 4 is 23.5 Å². The third-order valence-electron chi connectivity index (χ3n) is 6.58. The molecule has 0 bridgehead atoms. The van der Waals surface area contributed by atoms with E-state index in [1.165, 1.54) is 0 Å². The molecule has 1 unspecified atom stereocenters. The fraction of sp³-hybridized carbons (Fsp3) is 0.231. The normalized spacial score (nSPS) is 17.0. The molecule has 1 atom stereocenters. The van der Waals surface area contributed by atoms with Crippen LogP contribution in [0, 0.1) is 0 Å². The smallest absolute Gasteiger partial charge is 0.270 e. The Balaban J connectivity index is 1.15. The van der Waals surface area contributed by atoms with Gasteiger partial charge in [0.1, 0.15) is 17.3 Å². The molecule has 0 spiro atoms. The molecule has 1 aliphatic heterocycles. The number of allylic oxidation sites excluding steroid dienone is 1. The minimum absolute atomic E-state index is 0.0149. The molecule has 6 rings (SSSR count). The van der Waals surface area contributed by atoms with Crippen molar-refractivity contribution in [2.45, 2.75) is 18.4 Å². The summed E-state index contributed by atoms with van der Waals surface area (Å²) in [5.74, 6) is 1.47. The van der Waals surface area contributed by atoms with E-state index in [-0.39, 0.29) is 17.9 Å². The van der Waals surface area contributed by atoms with Crippen LogP contribution in [-0.2, 0) is 11.2 Å². The van der Waals surface area contributed by atoms with Gasteiger partial charge >= 0.3 is 0 Å². The molecular formula is C26H25N7O2. The summed E-state index contributed by atoms with van der Waals surface area (Å²) in [6.45, 7) is 1.20. The SMILES string of the molecule is CN(C(=O)c1cc2c([nH]1)CC(c1nccc(Nc3ccc(-c4cn[nH]c4)cc3)n1)C=C2)C1COC1. The van der Waals surface area contributed by atoms with E-state index in [4.69, 9.17) is 9.72 Å². The summed E-state index contributed by atoms with van der Waals surface area (Å²) in [7, 11) is 1.82. The van der Waals surface area contributed by atoms with Crippen molar-refractivity contribution in [1.29, 1.82) is 0 Å². The van der Waals surface area contributed by atoms with Crippen LogP contribution >= 0.6 is 0 Å². The molecule has 0 radical (unpaired) electrons. The van der Waals surface area contributed by atoms with Crippen molar-refractivity contribution in [3.05, 3.63) is 83.8 Å². The van der Waals surface area contributed by atoms with E-state index in [0.717, 1.165) is 39.7 Å². The van der Waals surface area contributed by atoms with Gasteiger partial charge in [0.15, 0.2) is 0 Å². The Morgan fingerprint density at radius 2 is 2.03 bits per heavy atom. The van der Waals surface area contributed by atoms with Gasteiger partial charge in [-0.25, -0.2) is 9.97 Å². The number of hydrogen-bond donors (Lipinski definition) is 3. The average molecular weight is 468 g/mol. The van der Waals surface area contributed by atoms with Crippen LogP contribution in [-0.4, -0.2) is 62.3 Å². The first-order valence-corrected chi connectivity index (χ1v) is 11.6. The number of ether oxygens (including phenoxy) is 1. The number of aromatic nitrogens is 5. The summed E-state index contributed by atoms with van der Waals surface area (Å²) < 4.78 is 5.22. The zero-order valence-corrected chi connectivity index (χ0v) is 19.2. The summed E-state index contributed by atoms with van der Waals surface area (Å²) in [6.07, 6.45) is 10.3. The number of benzene rings is 1. The molecule has 4 aromatic rings. The van der Waals surface area contributed by atoms with E-state index >= 15 is 0 Å². The maximum atomic E-state index is 12.8. The summed E-state index contributed by atoms with van der Waals surface area (Å²) in [5.41, 5.74) is 5.74. The number of fused-ring (bicyclic) bond motifs is 1. The van der Waals surface area contributed by atoms with Crippen LogP contribution in [0.5, 0.6) is 0 Å². The van der Waals surface area contributed by atoms with Gasteiger partial charge in [-0.15, -0.1) is 0 Å². The Labute approximate surface area is 202 Å². The Kier molecular flexibility index (Phi) is 5.38. The van der Waals surface area contributed by atoms with E-state index in [1.54, 1.807) is 17.3 Å². The number of H-pyrrole nitrogens is 2. The van der Waals surface area contributed by atoms with Crippen LogP contribution < -0.4 is 5.32 Å². The molecule has 4 heterocycles. The lowest BCUT2D eigenvalue weighted by Gasteiger charge is -2.34. The molecule has 176 valence electrons. The predicted octanol–water partition coefficient (Wildman–Crippen LogP) is 3.76. The number of nitrogens with zero attached hydrogens (tertiary/aromatic N) is 4. The molecule has 1 aliphatic carbocycles.